The van der Waals surface area contributed by atoms with Crippen molar-refractivity contribution in [3.8, 4) is 11.8 Å². The Balaban J connectivity index is 2.07. The third kappa shape index (κ3) is 5.20. The molecule has 0 heterocycles. The number of hydrogen-bond acceptors (Lipinski definition) is 4. The molecule has 0 spiro atoms. The van der Waals surface area contributed by atoms with Crippen LogP contribution in [0.3, 0.4) is 0 Å². The lowest BCUT2D eigenvalue weighted by Gasteiger charge is -2.18. The van der Waals surface area contributed by atoms with Gasteiger partial charge < -0.3 is 15.2 Å². The second-order valence-corrected chi connectivity index (χ2v) is 5.41. The summed E-state index contributed by atoms with van der Waals surface area (Å²) < 4.78 is 4.57. The number of carbonyl (C=O) groups is 2. The SMILES string of the molecule is COC(=O)[C@@H](NC(=O)c1ccc(C#Cc2ccccc2)cc1)[C@@H](C)O. The Bertz CT molecular complexity index is 786. The highest BCUT2D eigenvalue weighted by molar-refractivity contribution is 5.97. The number of rotatable bonds is 4. The lowest BCUT2D eigenvalue weighted by molar-refractivity contribution is -0.145. The Morgan fingerprint density at radius 1 is 1.00 bits per heavy atom. The van der Waals surface area contributed by atoms with Gasteiger partial charge in [0.15, 0.2) is 6.04 Å². The molecule has 0 fully saturated rings. The predicted molar refractivity (Wildman–Crippen MR) is 93.8 cm³/mol. The van der Waals surface area contributed by atoms with Crippen LogP contribution < -0.4 is 5.32 Å². The molecule has 0 radical (unpaired) electrons. The summed E-state index contributed by atoms with van der Waals surface area (Å²) in [5, 5.41) is 12.1. The van der Waals surface area contributed by atoms with Crippen LogP contribution in [-0.2, 0) is 9.53 Å². The maximum atomic E-state index is 12.2. The zero-order valence-electron chi connectivity index (χ0n) is 14.0. The summed E-state index contributed by atoms with van der Waals surface area (Å²) in [5.41, 5.74) is 2.03. The van der Waals surface area contributed by atoms with Gasteiger partial charge in [-0.05, 0) is 43.3 Å². The molecule has 0 aliphatic rings. The van der Waals surface area contributed by atoms with E-state index in [1.165, 1.54) is 14.0 Å². The van der Waals surface area contributed by atoms with Crippen LogP contribution in [0.15, 0.2) is 54.6 Å². The zero-order valence-corrected chi connectivity index (χ0v) is 14.0. The molecular formula is C20H19NO4. The first-order valence-corrected chi connectivity index (χ1v) is 7.75. The lowest BCUT2D eigenvalue weighted by Crippen LogP contribution is -2.48. The van der Waals surface area contributed by atoms with E-state index in [0.717, 1.165) is 11.1 Å². The Labute approximate surface area is 146 Å². The Morgan fingerprint density at radius 3 is 2.08 bits per heavy atom. The maximum absolute atomic E-state index is 12.2. The van der Waals surface area contributed by atoms with E-state index >= 15 is 0 Å². The van der Waals surface area contributed by atoms with Crippen LogP contribution >= 0.6 is 0 Å². The van der Waals surface area contributed by atoms with Gasteiger partial charge in [-0.1, -0.05) is 30.0 Å². The van der Waals surface area contributed by atoms with Crippen LogP contribution in [-0.4, -0.2) is 36.2 Å². The molecular weight excluding hydrogens is 318 g/mol. The Kier molecular flexibility index (Phi) is 6.33. The number of benzene rings is 2. The molecule has 0 unspecified atom stereocenters. The van der Waals surface area contributed by atoms with E-state index in [4.69, 9.17) is 0 Å². The summed E-state index contributed by atoms with van der Waals surface area (Å²) in [6.45, 7) is 1.41. The summed E-state index contributed by atoms with van der Waals surface area (Å²) in [5.74, 6) is 4.88. The fourth-order valence-electron chi connectivity index (χ4n) is 2.10. The predicted octanol–water partition coefficient (Wildman–Crippen LogP) is 1.74. The van der Waals surface area contributed by atoms with Gasteiger partial charge in [0.2, 0.25) is 0 Å². The van der Waals surface area contributed by atoms with Crippen LogP contribution in [0.25, 0.3) is 0 Å². The number of methoxy groups -OCH3 is 1. The van der Waals surface area contributed by atoms with Gasteiger partial charge in [0, 0.05) is 16.7 Å². The summed E-state index contributed by atoms with van der Waals surface area (Å²) in [7, 11) is 1.20. The van der Waals surface area contributed by atoms with Crippen molar-refractivity contribution < 1.29 is 19.4 Å². The van der Waals surface area contributed by atoms with E-state index in [9.17, 15) is 14.7 Å². The number of hydrogen-bond donors (Lipinski definition) is 2. The van der Waals surface area contributed by atoms with Gasteiger partial charge in [0.25, 0.3) is 5.91 Å². The number of nitrogens with one attached hydrogen (secondary N) is 1. The van der Waals surface area contributed by atoms with E-state index < -0.39 is 24.0 Å². The van der Waals surface area contributed by atoms with Crippen molar-refractivity contribution >= 4 is 11.9 Å². The largest absolute Gasteiger partial charge is 0.467 e. The van der Waals surface area contributed by atoms with Gasteiger partial charge in [-0.3, -0.25) is 4.79 Å². The van der Waals surface area contributed by atoms with Crippen LogP contribution in [0, 0.1) is 11.8 Å². The average molecular weight is 337 g/mol. The number of ether oxygens (including phenoxy) is 1. The van der Waals surface area contributed by atoms with Crippen molar-refractivity contribution in [3.05, 3.63) is 71.3 Å². The molecule has 0 saturated heterocycles. The molecule has 0 aliphatic carbocycles. The second-order valence-electron chi connectivity index (χ2n) is 5.41. The van der Waals surface area contributed by atoms with E-state index in [0.29, 0.717) is 5.56 Å². The summed E-state index contributed by atoms with van der Waals surface area (Å²) in [4.78, 5) is 23.8. The van der Waals surface area contributed by atoms with Crippen molar-refractivity contribution in [1.29, 1.82) is 0 Å². The number of carbonyl (C=O) groups excluding carboxylic acids is 2. The quantitative estimate of drug-likeness (QED) is 0.658. The van der Waals surface area contributed by atoms with Crippen LogP contribution in [0.5, 0.6) is 0 Å². The number of aliphatic hydroxyl groups is 1. The summed E-state index contributed by atoms with van der Waals surface area (Å²) >= 11 is 0. The van der Waals surface area contributed by atoms with Gasteiger partial charge in [-0.25, -0.2) is 4.79 Å². The fraction of sp³-hybridized carbons (Fsp3) is 0.200. The lowest BCUT2D eigenvalue weighted by atomic mass is 10.1. The monoisotopic (exact) mass is 337 g/mol. The molecule has 2 aromatic carbocycles. The molecule has 2 aromatic rings. The van der Waals surface area contributed by atoms with Gasteiger partial charge in [0.1, 0.15) is 0 Å². The number of esters is 1. The minimum absolute atomic E-state index is 0.361. The smallest absolute Gasteiger partial charge is 0.331 e. The van der Waals surface area contributed by atoms with Gasteiger partial charge in [-0.2, -0.15) is 0 Å². The fourth-order valence-corrected chi connectivity index (χ4v) is 2.10. The Hall–Kier alpha value is -3.10. The van der Waals surface area contributed by atoms with Crippen molar-refractivity contribution in [2.75, 3.05) is 7.11 Å². The summed E-state index contributed by atoms with van der Waals surface area (Å²) in [6, 6.07) is 15.1. The molecule has 5 nitrogen and oxygen atoms in total. The average Bonchev–Trinajstić information content (AvgIpc) is 2.64. The van der Waals surface area contributed by atoms with E-state index in [2.05, 4.69) is 21.9 Å². The first-order valence-electron chi connectivity index (χ1n) is 7.75. The highest BCUT2D eigenvalue weighted by Crippen LogP contribution is 2.06. The van der Waals surface area contributed by atoms with Gasteiger partial charge >= 0.3 is 5.97 Å². The number of aliphatic hydroxyl groups excluding tert-OH is 1. The second kappa shape index (κ2) is 8.67. The third-order valence-corrected chi connectivity index (χ3v) is 3.50. The van der Waals surface area contributed by atoms with E-state index in [-0.39, 0.29) is 0 Å². The third-order valence-electron chi connectivity index (χ3n) is 3.50. The van der Waals surface area contributed by atoms with Crippen molar-refractivity contribution in [2.45, 2.75) is 19.1 Å². The van der Waals surface area contributed by atoms with Crippen molar-refractivity contribution in [1.82, 2.24) is 5.32 Å². The van der Waals surface area contributed by atoms with Crippen LogP contribution in [0.1, 0.15) is 28.4 Å². The first-order chi connectivity index (χ1) is 12.0. The molecule has 5 heteroatoms. The molecule has 0 aliphatic heterocycles. The van der Waals surface area contributed by atoms with Gasteiger partial charge in [-0.15, -0.1) is 0 Å². The first kappa shape index (κ1) is 18.2. The van der Waals surface area contributed by atoms with Crippen LogP contribution in [0.4, 0.5) is 0 Å². The molecule has 2 N–H and O–H groups in total. The topological polar surface area (TPSA) is 75.6 Å². The summed E-state index contributed by atoms with van der Waals surface area (Å²) in [6.07, 6.45) is -1.06. The van der Waals surface area contributed by atoms with E-state index in [1.54, 1.807) is 24.3 Å². The van der Waals surface area contributed by atoms with Gasteiger partial charge in [0.05, 0.1) is 13.2 Å². The minimum Gasteiger partial charge on any atom is -0.467 e. The molecule has 25 heavy (non-hydrogen) atoms. The Morgan fingerprint density at radius 2 is 1.56 bits per heavy atom. The van der Waals surface area contributed by atoms with Crippen molar-refractivity contribution in [3.63, 3.8) is 0 Å². The molecule has 2 rings (SSSR count). The maximum Gasteiger partial charge on any atom is 0.331 e. The van der Waals surface area contributed by atoms with E-state index in [1.807, 2.05) is 30.3 Å². The minimum atomic E-state index is -1.12. The standard InChI is InChI=1S/C20H19NO4/c1-14(22)18(20(24)25-2)21-19(23)17-12-10-16(11-13-17)9-8-15-6-4-3-5-7-15/h3-7,10-14,18,22H,1-2H3,(H,21,23)/t14-,18+/m1/s1. The highest BCUT2D eigenvalue weighted by atomic mass is 16.5. The molecule has 2 atom stereocenters. The molecule has 0 saturated carbocycles. The normalized spacial score (nSPS) is 12.3. The number of amides is 1. The zero-order chi connectivity index (χ0) is 18.2. The van der Waals surface area contributed by atoms with Crippen molar-refractivity contribution in [2.24, 2.45) is 0 Å². The molecule has 0 aromatic heterocycles. The molecule has 128 valence electrons. The molecule has 1 amide bonds. The highest BCUT2D eigenvalue weighted by Gasteiger charge is 2.26. The van der Waals surface area contributed by atoms with Crippen LogP contribution in [0.2, 0.25) is 0 Å². The molecule has 0 bridgehead atoms.